The van der Waals surface area contributed by atoms with Gasteiger partial charge in [0, 0.05) is 23.6 Å². The lowest BCUT2D eigenvalue weighted by Gasteiger charge is -2.00. The molecule has 0 radical (unpaired) electrons. The number of nitrogens with zero attached hydrogens (tertiary/aromatic N) is 2. The molecule has 0 spiro atoms. The monoisotopic (exact) mass is 411 g/mol. The standard InChI is InChI=1S/C19H21N7S2/c20-5-6-27-28-10-11-1-3-13-15(7-11)25-17(23-13)9-18-24-14-4-2-12(19(21)22)8-16(14)26-18/h1-4,7-8H,5-6,9-10,20H2,(H3,21,22)(H,23,25)(H,24,26). The average Bonchev–Trinajstić information content (AvgIpc) is 3.26. The van der Waals surface area contributed by atoms with Crippen molar-refractivity contribution in [1.29, 1.82) is 5.41 Å². The molecular formula is C19H21N7S2. The first-order chi connectivity index (χ1) is 13.6. The molecular weight excluding hydrogens is 390 g/mol. The Hall–Kier alpha value is -2.49. The molecule has 2 aromatic carbocycles. The van der Waals surface area contributed by atoms with E-state index in [1.54, 1.807) is 10.8 Å². The fourth-order valence-electron chi connectivity index (χ4n) is 2.97. The Bertz CT molecular complexity index is 1130. The summed E-state index contributed by atoms with van der Waals surface area (Å²) in [5.41, 5.74) is 16.7. The van der Waals surface area contributed by atoms with Crippen LogP contribution in [0.25, 0.3) is 22.1 Å². The lowest BCUT2D eigenvalue weighted by molar-refractivity contribution is 0.960. The summed E-state index contributed by atoms with van der Waals surface area (Å²) in [7, 11) is 3.62. The molecule has 7 nitrogen and oxygen atoms in total. The summed E-state index contributed by atoms with van der Waals surface area (Å²) in [5.74, 6) is 3.64. The SMILES string of the molecule is N=C(N)c1ccc2nc(Cc3nc4ccc(CSSCCN)cc4[nH]3)[nH]c2c1. The molecule has 144 valence electrons. The van der Waals surface area contributed by atoms with E-state index in [0.29, 0.717) is 18.5 Å². The number of imidazole rings is 2. The Kier molecular flexibility index (Phi) is 5.56. The highest BCUT2D eigenvalue weighted by Gasteiger charge is 2.09. The first-order valence-electron chi connectivity index (χ1n) is 8.87. The zero-order valence-electron chi connectivity index (χ0n) is 15.2. The van der Waals surface area contributed by atoms with Gasteiger partial charge < -0.3 is 21.4 Å². The number of H-pyrrole nitrogens is 2. The Morgan fingerprint density at radius 2 is 1.64 bits per heavy atom. The van der Waals surface area contributed by atoms with Gasteiger partial charge in [0.1, 0.15) is 17.5 Å². The Labute approximate surface area is 170 Å². The second-order valence-electron chi connectivity index (χ2n) is 6.41. The van der Waals surface area contributed by atoms with Gasteiger partial charge in [0.05, 0.1) is 28.5 Å². The predicted molar refractivity (Wildman–Crippen MR) is 119 cm³/mol. The van der Waals surface area contributed by atoms with Crippen LogP contribution in [0.2, 0.25) is 0 Å². The van der Waals surface area contributed by atoms with Crippen molar-refractivity contribution in [3.05, 3.63) is 59.2 Å². The lowest BCUT2D eigenvalue weighted by atomic mass is 10.2. The topological polar surface area (TPSA) is 133 Å². The highest BCUT2D eigenvalue weighted by atomic mass is 33.1. The van der Waals surface area contributed by atoms with Crippen LogP contribution in [0.3, 0.4) is 0 Å². The molecule has 0 aliphatic rings. The first-order valence-corrected chi connectivity index (χ1v) is 11.4. The molecule has 0 aliphatic heterocycles. The molecule has 7 N–H and O–H groups in total. The molecule has 0 bridgehead atoms. The molecule has 0 amide bonds. The smallest absolute Gasteiger partial charge is 0.122 e. The number of nitrogen functional groups attached to an aromatic ring is 1. The number of amidine groups is 1. The molecule has 0 unspecified atom stereocenters. The van der Waals surface area contributed by atoms with Gasteiger partial charge in [-0.2, -0.15) is 0 Å². The summed E-state index contributed by atoms with van der Waals surface area (Å²) < 4.78 is 0. The van der Waals surface area contributed by atoms with Crippen LogP contribution in [0.4, 0.5) is 0 Å². The van der Waals surface area contributed by atoms with Gasteiger partial charge in [-0.25, -0.2) is 9.97 Å². The Morgan fingerprint density at radius 3 is 2.32 bits per heavy atom. The van der Waals surface area contributed by atoms with E-state index in [1.807, 2.05) is 29.0 Å². The van der Waals surface area contributed by atoms with Crippen LogP contribution in [0.15, 0.2) is 36.4 Å². The quantitative estimate of drug-likeness (QED) is 0.131. The van der Waals surface area contributed by atoms with Crippen molar-refractivity contribution in [2.24, 2.45) is 11.5 Å². The third-order valence-corrected chi connectivity index (χ3v) is 6.66. The average molecular weight is 412 g/mol. The number of nitrogens with two attached hydrogens (primary N) is 2. The van der Waals surface area contributed by atoms with E-state index < -0.39 is 0 Å². The van der Waals surface area contributed by atoms with Gasteiger partial charge in [-0.1, -0.05) is 27.7 Å². The van der Waals surface area contributed by atoms with Gasteiger partial charge in [0.2, 0.25) is 0 Å². The summed E-state index contributed by atoms with van der Waals surface area (Å²) in [4.78, 5) is 16.0. The van der Waals surface area contributed by atoms with E-state index >= 15 is 0 Å². The zero-order chi connectivity index (χ0) is 19.5. The van der Waals surface area contributed by atoms with Crippen LogP contribution >= 0.6 is 21.6 Å². The Balaban J connectivity index is 1.51. The van der Waals surface area contributed by atoms with Crippen molar-refractivity contribution < 1.29 is 0 Å². The number of hydrogen-bond donors (Lipinski definition) is 5. The third kappa shape index (κ3) is 4.16. The van der Waals surface area contributed by atoms with Gasteiger partial charge in [-0.15, -0.1) is 0 Å². The van der Waals surface area contributed by atoms with Crippen molar-refractivity contribution >= 4 is 49.5 Å². The van der Waals surface area contributed by atoms with E-state index in [2.05, 4.69) is 38.1 Å². The van der Waals surface area contributed by atoms with Gasteiger partial charge in [-0.3, -0.25) is 5.41 Å². The van der Waals surface area contributed by atoms with Crippen molar-refractivity contribution in [3.8, 4) is 0 Å². The number of rotatable bonds is 8. The molecule has 9 heteroatoms. The van der Waals surface area contributed by atoms with Gasteiger partial charge in [0.25, 0.3) is 0 Å². The zero-order valence-corrected chi connectivity index (χ0v) is 16.8. The molecule has 0 atom stereocenters. The van der Waals surface area contributed by atoms with Crippen molar-refractivity contribution in [2.75, 3.05) is 12.3 Å². The minimum Gasteiger partial charge on any atom is -0.384 e. The maximum atomic E-state index is 7.56. The third-order valence-electron chi connectivity index (χ3n) is 4.28. The number of benzene rings is 2. The second-order valence-corrected chi connectivity index (χ2v) is 9.00. The van der Waals surface area contributed by atoms with E-state index in [-0.39, 0.29) is 5.84 Å². The summed E-state index contributed by atoms with van der Waals surface area (Å²) >= 11 is 0. The van der Waals surface area contributed by atoms with Crippen molar-refractivity contribution in [1.82, 2.24) is 19.9 Å². The molecule has 0 saturated heterocycles. The maximum absolute atomic E-state index is 7.56. The van der Waals surface area contributed by atoms with Crippen LogP contribution in [0.1, 0.15) is 22.8 Å². The molecule has 0 fully saturated rings. The maximum Gasteiger partial charge on any atom is 0.122 e. The van der Waals surface area contributed by atoms with Crippen LogP contribution in [-0.4, -0.2) is 38.1 Å². The summed E-state index contributed by atoms with van der Waals surface area (Å²) in [6, 6.07) is 11.8. The lowest BCUT2D eigenvalue weighted by Crippen LogP contribution is -2.10. The molecule has 4 aromatic rings. The van der Waals surface area contributed by atoms with Crippen LogP contribution in [-0.2, 0) is 12.2 Å². The van der Waals surface area contributed by atoms with E-state index in [9.17, 15) is 0 Å². The second kappa shape index (κ2) is 8.26. The van der Waals surface area contributed by atoms with Crippen molar-refractivity contribution in [3.63, 3.8) is 0 Å². The minimum absolute atomic E-state index is 0.0470. The Morgan fingerprint density at radius 1 is 0.964 bits per heavy atom. The van der Waals surface area contributed by atoms with Gasteiger partial charge in [0.15, 0.2) is 0 Å². The number of aromatic amines is 2. The number of fused-ring (bicyclic) bond motifs is 2. The van der Waals surface area contributed by atoms with Crippen LogP contribution in [0.5, 0.6) is 0 Å². The normalized spacial score (nSPS) is 11.5. The highest BCUT2D eigenvalue weighted by molar-refractivity contribution is 8.76. The molecule has 28 heavy (non-hydrogen) atoms. The van der Waals surface area contributed by atoms with E-state index in [1.165, 1.54) is 5.56 Å². The van der Waals surface area contributed by atoms with Gasteiger partial charge >= 0.3 is 0 Å². The summed E-state index contributed by atoms with van der Waals surface area (Å²) in [6.45, 7) is 0.707. The number of aromatic nitrogens is 4. The molecule has 2 aromatic heterocycles. The molecule has 2 heterocycles. The number of hydrogen-bond acceptors (Lipinski definition) is 6. The molecule has 0 aliphatic carbocycles. The predicted octanol–water partition coefficient (Wildman–Crippen LogP) is 3.15. The largest absolute Gasteiger partial charge is 0.384 e. The summed E-state index contributed by atoms with van der Waals surface area (Å²) in [5, 5.41) is 7.56. The van der Waals surface area contributed by atoms with Crippen LogP contribution in [0, 0.1) is 5.41 Å². The van der Waals surface area contributed by atoms with E-state index in [4.69, 9.17) is 16.9 Å². The highest BCUT2D eigenvalue weighted by Crippen LogP contribution is 2.26. The van der Waals surface area contributed by atoms with Gasteiger partial charge in [-0.05, 0) is 35.9 Å². The summed E-state index contributed by atoms with van der Waals surface area (Å²) in [6.07, 6.45) is 0.579. The minimum atomic E-state index is 0.0470. The first kappa shape index (κ1) is 18.9. The van der Waals surface area contributed by atoms with Crippen LogP contribution < -0.4 is 11.5 Å². The fraction of sp³-hybridized carbons (Fsp3) is 0.211. The fourth-order valence-corrected chi connectivity index (χ4v) is 4.89. The van der Waals surface area contributed by atoms with E-state index in [0.717, 1.165) is 45.2 Å². The molecule has 4 rings (SSSR count). The van der Waals surface area contributed by atoms with Crippen molar-refractivity contribution in [2.45, 2.75) is 12.2 Å². The number of nitrogens with one attached hydrogen (secondary N) is 3. The molecule has 0 saturated carbocycles.